The van der Waals surface area contributed by atoms with Crippen molar-refractivity contribution in [3.8, 4) is 17.2 Å². The molecule has 0 unspecified atom stereocenters. The molecule has 0 radical (unpaired) electrons. The molecule has 0 atom stereocenters. The minimum Gasteiger partial charge on any atom is -0.507 e. The van der Waals surface area contributed by atoms with Gasteiger partial charge in [-0.05, 0) is 91.9 Å². The fourth-order valence-corrected chi connectivity index (χ4v) is 4.95. The van der Waals surface area contributed by atoms with Crippen LogP contribution < -0.4 is 14.9 Å². The van der Waals surface area contributed by atoms with Crippen LogP contribution in [0.5, 0.6) is 17.2 Å². The highest BCUT2D eigenvalue weighted by atomic mass is 127. The van der Waals surface area contributed by atoms with Crippen LogP contribution in [0.2, 0.25) is 0 Å². The SMILES string of the molecule is COc1cc(/C=N\NC(=O)CCc2cc(C(C)(C)C)c(O)c(C(C)(C)C)c2)cc(I)c1OCc1ccc(F)cc1. The topological polar surface area (TPSA) is 80.2 Å². The number of nitrogens with zero attached hydrogens (tertiary/aromatic N) is 1. The number of benzene rings is 3. The summed E-state index contributed by atoms with van der Waals surface area (Å²) < 4.78 is 25.4. The third-order valence-electron chi connectivity index (χ3n) is 6.38. The van der Waals surface area contributed by atoms with Crippen molar-refractivity contribution in [1.82, 2.24) is 5.43 Å². The second-order valence-electron chi connectivity index (χ2n) is 11.8. The van der Waals surface area contributed by atoms with Crippen molar-refractivity contribution in [2.45, 2.75) is 71.8 Å². The molecule has 40 heavy (non-hydrogen) atoms. The van der Waals surface area contributed by atoms with Crippen LogP contribution in [0.1, 0.15) is 75.8 Å². The summed E-state index contributed by atoms with van der Waals surface area (Å²) in [6.07, 6.45) is 2.34. The molecule has 0 bridgehead atoms. The van der Waals surface area contributed by atoms with Crippen molar-refractivity contribution in [3.63, 3.8) is 0 Å². The molecule has 0 aliphatic carbocycles. The predicted molar refractivity (Wildman–Crippen MR) is 166 cm³/mol. The molecule has 0 spiro atoms. The molecule has 3 aromatic carbocycles. The molecule has 0 aliphatic rings. The number of methoxy groups -OCH3 is 1. The van der Waals surface area contributed by atoms with Gasteiger partial charge in [-0.2, -0.15) is 5.10 Å². The van der Waals surface area contributed by atoms with Crippen LogP contribution in [-0.4, -0.2) is 24.3 Å². The van der Waals surface area contributed by atoms with Crippen LogP contribution in [0.3, 0.4) is 0 Å². The number of nitrogens with one attached hydrogen (secondary N) is 1. The predicted octanol–water partition coefficient (Wildman–Crippen LogP) is 7.40. The van der Waals surface area contributed by atoms with E-state index in [0.29, 0.717) is 23.7 Å². The van der Waals surface area contributed by atoms with Crippen molar-refractivity contribution in [2.24, 2.45) is 5.10 Å². The van der Waals surface area contributed by atoms with E-state index in [-0.39, 0.29) is 35.6 Å². The number of rotatable bonds is 9. The lowest BCUT2D eigenvalue weighted by molar-refractivity contribution is -0.121. The number of carbonyl (C=O) groups is 1. The zero-order valence-electron chi connectivity index (χ0n) is 24.2. The molecule has 1 amide bonds. The Kier molecular flexibility index (Phi) is 10.2. The van der Waals surface area contributed by atoms with Crippen molar-refractivity contribution < 1.29 is 23.8 Å². The standard InChI is InChI=1S/C32H38FIN2O4/c1-31(2,3)24-14-21(15-25(29(24)38)32(4,5)6)10-13-28(37)36-35-18-22-16-26(34)30(27(17-22)39-7)40-19-20-8-11-23(33)12-9-20/h8-9,11-12,14-18,38H,10,13,19H2,1-7H3,(H,36,37)/b35-18-. The average Bonchev–Trinajstić information content (AvgIpc) is 2.86. The molecule has 0 fully saturated rings. The van der Waals surface area contributed by atoms with Gasteiger partial charge in [0.15, 0.2) is 11.5 Å². The quantitative estimate of drug-likeness (QED) is 0.143. The first-order valence-electron chi connectivity index (χ1n) is 13.1. The van der Waals surface area contributed by atoms with E-state index in [1.807, 2.05) is 18.2 Å². The van der Waals surface area contributed by atoms with Crippen LogP contribution in [0.25, 0.3) is 0 Å². The fraction of sp³-hybridized carbons (Fsp3) is 0.375. The lowest BCUT2D eigenvalue weighted by Crippen LogP contribution is -2.20. The summed E-state index contributed by atoms with van der Waals surface area (Å²) in [5.41, 5.74) is 6.47. The molecule has 0 heterocycles. The molecule has 8 heteroatoms. The smallest absolute Gasteiger partial charge is 0.240 e. The lowest BCUT2D eigenvalue weighted by Gasteiger charge is -2.28. The van der Waals surface area contributed by atoms with Gasteiger partial charge in [-0.25, -0.2) is 9.82 Å². The van der Waals surface area contributed by atoms with Crippen molar-refractivity contribution in [3.05, 3.63) is 85.7 Å². The molecule has 3 rings (SSSR count). The highest BCUT2D eigenvalue weighted by molar-refractivity contribution is 14.1. The van der Waals surface area contributed by atoms with Crippen molar-refractivity contribution in [1.29, 1.82) is 0 Å². The Labute approximate surface area is 250 Å². The number of aromatic hydroxyl groups is 1. The van der Waals surface area contributed by atoms with E-state index >= 15 is 0 Å². The maximum Gasteiger partial charge on any atom is 0.240 e. The molecule has 3 aromatic rings. The summed E-state index contributed by atoms with van der Waals surface area (Å²) in [6, 6.07) is 13.8. The van der Waals surface area contributed by atoms with Gasteiger partial charge in [0.1, 0.15) is 18.2 Å². The summed E-state index contributed by atoms with van der Waals surface area (Å²) >= 11 is 2.15. The van der Waals surface area contributed by atoms with Crippen LogP contribution in [-0.2, 0) is 28.7 Å². The second kappa shape index (κ2) is 13.0. The van der Waals surface area contributed by atoms with Gasteiger partial charge in [0.05, 0.1) is 16.9 Å². The third kappa shape index (κ3) is 8.43. The summed E-state index contributed by atoms with van der Waals surface area (Å²) in [5.74, 6) is 0.927. The molecule has 0 saturated carbocycles. The van der Waals surface area contributed by atoms with E-state index in [9.17, 15) is 14.3 Å². The van der Waals surface area contributed by atoms with Crippen LogP contribution >= 0.6 is 22.6 Å². The Hall–Kier alpha value is -3.14. The summed E-state index contributed by atoms with van der Waals surface area (Å²) in [5, 5.41) is 15.1. The molecular weight excluding hydrogens is 622 g/mol. The Morgan fingerprint density at radius 1 is 1.00 bits per heavy atom. The first-order valence-corrected chi connectivity index (χ1v) is 14.2. The Bertz CT molecular complexity index is 1340. The zero-order valence-corrected chi connectivity index (χ0v) is 26.4. The molecule has 214 valence electrons. The molecular formula is C32H38FIN2O4. The first kappa shape index (κ1) is 31.4. The van der Waals surface area contributed by atoms with Gasteiger partial charge in [0, 0.05) is 6.42 Å². The second-order valence-corrected chi connectivity index (χ2v) is 12.9. The molecule has 6 nitrogen and oxygen atoms in total. The number of carbonyl (C=O) groups excluding carboxylic acids is 1. The lowest BCUT2D eigenvalue weighted by atomic mass is 9.78. The van der Waals surface area contributed by atoms with Gasteiger partial charge in [0.25, 0.3) is 0 Å². The highest BCUT2D eigenvalue weighted by Crippen LogP contribution is 2.40. The zero-order chi connectivity index (χ0) is 29.7. The van der Waals surface area contributed by atoms with E-state index in [1.54, 1.807) is 31.5 Å². The Morgan fingerprint density at radius 2 is 1.60 bits per heavy atom. The molecule has 2 N–H and O–H groups in total. The monoisotopic (exact) mass is 660 g/mol. The maximum absolute atomic E-state index is 13.2. The number of hydrogen-bond donors (Lipinski definition) is 2. The van der Waals surface area contributed by atoms with E-state index in [2.05, 4.69) is 74.7 Å². The number of halogens is 2. The van der Waals surface area contributed by atoms with Crippen LogP contribution in [0.4, 0.5) is 4.39 Å². The minimum absolute atomic E-state index is 0.208. The normalized spacial score (nSPS) is 12.0. The Morgan fingerprint density at radius 3 is 2.15 bits per heavy atom. The van der Waals surface area contributed by atoms with Gasteiger partial charge >= 0.3 is 0 Å². The number of aryl methyl sites for hydroxylation is 1. The van der Waals surface area contributed by atoms with Gasteiger partial charge in [0.2, 0.25) is 5.91 Å². The first-order chi connectivity index (χ1) is 18.7. The van der Waals surface area contributed by atoms with Crippen molar-refractivity contribution in [2.75, 3.05) is 7.11 Å². The summed E-state index contributed by atoms with van der Waals surface area (Å²) in [7, 11) is 1.55. The summed E-state index contributed by atoms with van der Waals surface area (Å²) in [6.45, 7) is 12.7. The number of phenolic OH excluding ortho intramolecular Hbond substituents is 1. The number of ether oxygens (including phenoxy) is 2. The van der Waals surface area contributed by atoms with Crippen LogP contribution in [0, 0.1) is 9.39 Å². The van der Waals surface area contributed by atoms with E-state index in [0.717, 1.165) is 31.4 Å². The van der Waals surface area contributed by atoms with E-state index < -0.39 is 0 Å². The third-order valence-corrected chi connectivity index (χ3v) is 7.18. The number of hydrazone groups is 1. The molecule has 0 aromatic heterocycles. The minimum atomic E-state index is -0.295. The molecule has 0 aliphatic heterocycles. The largest absolute Gasteiger partial charge is 0.507 e. The van der Waals surface area contributed by atoms with Crippen molar-refractivity contribution >= 4 is 34.7 Å². The molecule has 0 saturated heterocycles. The van der Waals surface area contributed by atoms with Gasteiger partial charge in [-0.15, -0.1) is 0 Å². The van der Waals surface area contributed by atoms with Gasteiger partial charge in [-0.3, -0.25) is 4.79 Å². The highest BCUT2D eigenvalue weighted by Gasteiger charge is 2.26. The Balaban J connectivity index is 1.65. The van der Waals surface area contributed by atoms with E-state index in [4.69, 9.17) is 9.47 Å². The van der Waals surface area contributed by atoms with E-state index in [1.165, 1.54) is 12.1 Å². The number of amides is 1. The average molecular weight is 661 g/mol. The maximum atomic E-state index is 13.2. The number of hydrogen-bond acceptors (Lipinski definition) is 5. The number of phenols is 1. The fourth-order valence-electron chi connectivity index (χ4n) is 4.17. The van der Waals surface area contributed by atoms with Gasteiger partial charge < -0.3 is 14.6 Å². The summed E-state index contributed by atoms with van der Waals surface area (Å²) in [4.78, 5) is 12.6. The van der Waals surface area contributed by atoms with Gasteiger partial charge in [-0.1, -0.05) is 65.8 Å². The van der Waals surface area contributed by atoms with Crippen LogP contribution in [0.15, 0.2) is 53.6 Å².